The van der Waals surface area contributed by atoms with Crippen molar-refractivity contribution in [3.63, 3.8) is 0 Å². The van der Waals surface area contributed by atoms with E-state index in [4.69, 9.17) is 0 Å². The summed E-state index contributed by atoms with van der Waals surface area (Å²) < 4.78 is 2.01. The van der Waals surface area contributed by atoms with Crippen LogP contribution in [0.15, 0.2) is 58.2 Å². The molecule has 5 nitrogen and oxygen atoms in total. The van der Waals surface area contributed by atoms with Crippen molar-refractivity contribution in [3.8, 4) is 0 Å². The van der Waals surface area contributed by atoms with Gasteiger partial charge in [-0.25, -0.2) is 10.4 Å². The van der Waals surface area contributed by atoms with Gasteiger partial charge in [-0.05, 0) is 18.2 Å². The van der Waals surface area contributed by atoms with Crippen molar-refractivity contribution in [1.82, 2.24) is 15.4 Å². The molecule has 2 aromatic heterocycles. The van der Waals surface area contributed by atoms with Gasteiger partial charge in [0, 0.05) is 18.0 Å². The van der Waals surface area contributed by atoms with Gasteiger partial charge in [-0.2, -0.15) is 5.10 Å². The van der Waals surface area contributed by atoms with Gasteiger partial charge in [0.1, 0.15) is 0 Å². The van der Waals surface area contributed by atoms with E-state index in [0.717, 1.165) is 20.1 Å². The lowest BCUT2D eigenvalue weighted by Gasteiger charge is -1.97. The van der Waals surface area contributed by atoms with Crippen LogP contribution in [0.5, 0.6) is 0 Å². The molecule has 0 bridgehead atoms. The minimum atomic E-state index is -0.163. The number of benzene rings is 1. The number of nitrogens with one attached hydrogen (secondary N) is 1. The molecule has 0 unspecified atom stereocenters. The van der Waals surface area contributed by atoms with Crippen LogP contribution in [0.2, 0.25) is 0 Å². The van der Waals surface area contributed by atoms with Crippen LogP contribution in [-0.4, -0.2) is 27.8 Å². The molecule has 1 N–H and O–H groups in total. The Morgan fingerprint density at radius 2 is 2.23 bits per heavy atom. The molecule has 0 radical (unpaired) electrons. The molecule has 0 aliphatic carbocycles. The van der Waals surface area contributed by atoms with E-state index in [1.165, 1.54) is 11.8 Å². The molecule has 1 aromatic carbocycles. The van der Waals surface area contributed by atoms with E-state index in [0.29, 0.717) is 0 Å². The van der Waals surface area contributed by atoms with Gasteiger partial charge in [0.25, 0.3) is 5.91 Å². The summed E-state index contributed by atoms with van der Waals surface area (Å²) in [4.78, 5) is 20.2. The predicted molar refractivity (Wildman–Crippen MR) is 90.3 cm³/mol. The molecule has 7 heteroatoms. The summed E-state index contributed by atoms with van der Waals surface area (Å²) in [6.07, 6.45) is 4.92. The number of para-hydroxylation sites is 1. The summed E-state index contributed by atoms with van der Waals surface area (Å²) in [7, 11) is 0. The van der Waals surface area contributed by atoms with Crippen molar-refractivity contribution < 1.29 is 4.79 Å². The molecule has 0 saturated heterocycles. The smallest absolute Gasteiger partial charge is 0.250 e. The number of rotatable bonds is 5. The lowest BCUT2D eigenvalue weighted by Crippen LogP contribution is -2.19. The Kier molecular flexibility index (Phi) is 4.77. The maximum atomic E-state index is 11.7. The molecule has 1 amide bonds. The van der Waals surface area contributed by atoms with Gasteiger partial charge in [0.15, 0.2) is 4.34 Å². The number of amides is 1. The number of thiazole rings is 1. The Bertz CT molecular complexity index is 768. The van der Waals surface area contributed by atoms with E-state index >= 15 is 0 Å². The Balaban J connectivity index is 1.51. The van der Waals surface area contributed by atoms with Crippen LogP contribution in [-0.2, 0) is 4.79 Å². The third-order valence-corrected chi connectivity index (χ3v) is 4.87. The number of nitrogens with zero attached hydrogens (tertiary/aromatic N) is 3. The van der Waals surface area contributed by atoms with Crippen molar-refractivity contribution in [1.29, 1.82) is 0 Å². The predicted octanol–water partition coefficient (Wildman–Crippen LogP) is 2.93. The number of thioether (sulfide) groups is 1. The zero-order chi connectivity index (χ0) is 15.2. The van der Waals surface area contributed by atoms with Crippen molar-refractivity contribution in [2.45, 2.75) is 4.34 Å². The van der Waals surface area contributed by atoms with Gasteiger partial charge in [0.05, 0.1) is 22.2 Å². The fourth-order valence-corrected chi connectivity index (χ4v) is 3.56. The maximum absolute atomic E-state index is 11.7. The van der Waals surface area contributed by atoms with Crippen LogP contribution in [0.25, 0.3) is 10.2 Å². The number of hydrazone groups is 1. The summed E-state index contributed by atoms with van der Waals surface area (Å²) in [6, 6.07) is 11.6. The standard InChI is InChI=1S/C15H12N4OS2/c20-14(19-17-9-11-4-3-7-16-8-11)10-21-15-18-12-5-1-2-6-13(12)22-15/h1-9H,10H2,(H,19,20). The summed E-state index contributed by atoms with van der Waals surface area (Å²) in [5.74, 6) is 0.119. The van der Waals surface area contributed by atoms with Crippen molar-refractivity contribution in [2.75, 3.05) is 5.75 Å². The molecule has 110 valence electrons. The normalized spacial score (nSPS) is 11.1. The van der Waals surface area contributed by atoms with E-state index in [2.05, 4.69) is 20.5 Å². The van der Waals surface area contributed by atoms with Gasteiger partial charge in [-0.1, -0.05) is 30.0 Å². The van der Waals surface area contributed by atoms with Gasteiger partial charge in [-0.15, -0.1) is 11.3 Å². The molecule has 0 spiro atoms. The molecular formula is C15H12N4OS2. The molecular weight excluding hydrogens is 316 g/mol. The second kappa shape index (κ2) is 7.15. The second-order valence-corrected chi connectivity index (χ2v) is 6.57. The first-order chi connectivity index (χ1) is 10.8. The summed E-state index contributed by atoms with van der Waals surface area (Å²) >= 11 is 2.99. The lowest BCUT2D eigenvalue weighted by atomic mass is 10.3. The molecule has 0 fully saturated rings. The number of pyridine rings is 1. The zero-order valence-corrected chi connectivity index (χ0v) is 13.1. The summed E-state index contributed by atoms with van der Waals surface area (Å²) in [5, 5.41) is 3.90. The highest BCUT2D eigenvalue weighted by Gasteiger charge is 2.06. The van der Waals surface area contributed by atoms with Gasteiger partial charge < -0.3 is 0 Å². The Morgan fingerprint density at radius 1 is 1.32 bits per heavy atom. The van der Waals surface area contributed by atoms with Crippen LogP contribution < -0.4 is 5.43 Å². The highest BCUT2D eigenvalue weighted by molar-refractivity contribution is 8.01. The molecule has 0 aliphatic rings. The number of fused-ring (bicyclic) bond motifs is 1. The summed E-state index contributed by atoms with van der Waals surface area (Å²) in [6.45, 7) is 0. The fraction of sp³-hybridized carbons (Fsp3) is 0.0667. The third-order valence-electron chi connectivity index (χ3n) is 2.69. The number of hydrogen-bond acceptors (Lipinski definition) is 6. The summed E-state index contributed by atoms with van der Waals surface area (Å²) in [5.41, 5.74) is 4.29. The van der Waals surface area contributed by atoms with E-state index in [-0.39, 0.29) is 11.7 Å². The molecule has 2 heterocycles. The molecule has 0 aliphatic heterocycles. The third kappa shape index (κ3) is 3.90. The Hall–Kier alpha value is -2.25. The van der Waals surface area contributed by atoms with E-state index < -0.39 is 0 Å². The van der Waals surface area contributed by atoms with Gasteiger partial charge in [0.2, 0.25) is 0 Å². The van der Waals surface area contributed by atoms with E-state index in [1.54, 1.807) is 29.9 Å². The van der Waals surface area contributed by atoms with E-state index in [1.807, 2.05) is 36.4 Å². The monoisotopic (exact) mass is 328 g/mol. The lowest BCUT2D eigenvalue weighted by molar-refractivity contribution is -0.118. The molecule has 3 rings (SSSR count). The second-order valence-electron chi connectivity index (χ2n) is 4.32. The van der Waals surface area contributed by atoms with Crippen molar-refractivity contribution in [2.24, 2.45) is 5.10 Å². The first-order valence-corrected chi connectivity index (χ1v) is 8.32. The first kappa shape index (κ1) is 14.7. The highest BCUT2D eigenvalue weighted by Crippen LogP contribution is 2.28. The molecule has 0 saturated carbocycles. The van der Waals surface area contributed by atoms with Gasteiger partial charge >= 0.3 is 0 Å². The zero-order valence-electron chi connectivity index (χ0n) is 11.5. The first-order valence-electron chi connectivity index (χ1n) is 6.51. The Labute approximate surface area is 135 Å². The van der Waals surface area contributed by atoms with Gasteiger partial charge in [-0.3, -0.25) is 9.78 Å². The van der Waals surface area contributed by atoms with E-state index in [9.17, 15) is 4.79 Å². The highest BCUT2D eigenvalue weighted by atomic mass is 32.2. The van der Waals surface area contributed by atoms with Crippen molar-refractivity contribution in [3.05, 3.63) is 54.4 Å². The van der Waals surface area contributed by atoms with Crippen LogP contribution >= 0.6 is 23.1 Å². The largest absolute Gasteiger partial charge is 0.272 e. The SMILES string of the molecule is O=C(CSc1nc2ccccc2s1)NN=Cc1cccnc1. The molecule has 3 aromatic rings. The van der Waals surface area contributed by atoms with Crippen LogP contribution in [0.4, 0.5) is 0 Å². The average Bonchev–Trinajstić information content (AvgIpc) is 2.97. The minimum absolute atomic E-state index is 0.163. The number of carbonyl (C=O) groups excluding carboxylic acids is 1. The van der Waals surface area contributed by atoms with Crippen LogP contribution in [0, 0.1) is 0 Å². The van der Waals surface area contributed by atoms with Crippen LogP contribution in [0.1, 0.15) is 5.56 Å². The number of hydrogen-bond donors (Lipinski definition) is 1. The maximum Gasteiger partial charge on any atom is 0.250 e. The minimum Gasteiger partial charge on any atom is -0.272 e. The van der Waals surface area contributed by atoms with Crippen LogP contribution in [0.3, 0.4) is 0 Å². The molecule has 22 heavy (non-hydrogen) atoms. The average molecular weight is 328 g/mol. The Morgan fingerprint density at radius 3 is 3.05 bits per heavy atom. The van der Waals surface area contributed by atoms with Crippen molar-refractivity contribution >= 4 is 45.4 Å². The molecule has 0 atom stereocenters. The number of carbonyl (C=O) groups is 1. The number of aromatic nitrogens is 2. The topological polar surface area (TPSA) is 67.2 Å². The quantitative estimate of drug-likeness (QED) is 0.444. The fourth-order valence-electron chi connectivity index (χ4n) is 1.70.